The van der Waals surface area contributed by atoms with E-state index in [9.17, 15) is 13.6 Å². The summed E-state index contributed by atoms with van der Waals surface area (Å²) in [6.07, 6.45) is 1.44. The monoisotopic (exact) mass is 447 g/mol. The maximum absolute atomic E-state index is 14.4. The Morgan fingerprint density at radius 1 is 1.14 bits per heavy atom. The minimum Gasteiger partial charge on any atom is -0.378 e. The molecule has 1 N–H and O–H groups in total. The number of pyridine rings is 1. The van der Waals surface area contributed by atoms with E-state index in [-0.39, 0.29) is 17.2 Å². The molecule has 0 saturated carbocycles. The summed E-state index contributed by atoms with van der Waals surface area (Å²) in [5.41, 5.74) is 1.25. The van der Waals surface area contributed by atoms with Crippen molar-refractivity contribution in [2.75, 3.05) is 31.6 Å². The van der Waals surface area contributed by atoms with Crippen LogP contribution in [-0.4, -0.2) is 42.1 Å². The number of carbonyl (C=O) groups is 1. The van der Waals surface area contributed by atoms with Crippen molar-refractivity contribution in [3.05, 3.63) is 64.3 Å². The molecule has 3 aromatic rings. The quantitative estimate of drug-likeness (QED) is 0.642. The van der Waals surface area contributed by atoms with E-state index in [1.165, 1.54) is 30.5 Å². The molecule has 2 aromatic carbocycles. The van der Waals surface area contributed by atoms with Gasteiger partial charge >= 0.3 is 0 Å². The highest BCUT2D eigenvalue weighted by atomic mass is 79.9. The van der Waals surface area contributed by atoms with E-state index in [0.717, 1.165) is 0 Å². The summed E-state index contributed by atoms with van der Waals surface area (Å²) in [5.74, 6) is -1.23. The van der Waals surface area contributed by atoms with Crippen LogP contribution in [0.3, 0.4) is 0 Å². The van der Waals surface area contributed by atoms with Crippen LogP contribution in [0.4, 0.5) is 20.2 Å². The number of ether oxygens (including phenoxy) is 1. The Hall–Kier alpha value is -2.58. The fourth-order valence-corrected chi connectivity index (χ4v) is 3.46. The van der Waals surface area contributed by atoms with Crippen molar-refractivity contribution in [1.82, 2.24) is 9.88 Å². The molecule has 1 fully saturated rings. The molecular formula is C20H16BrF2N3O2. The second-order valence-electron chi connectivity index (χ2n) is 6.36. The molecule has 8 heteroatoms. The Morgan fingerprint density at radius 2 is 1.93 bits per heavy atom. The number of hydrogen-bond donors (Lipinski definition) is 1. The number of benzene rings is 2. The van der Waals surface area contributed by atoms with Gasteiger partial charge in [-0.25, -0.2) is 8.78 Å². The van der Waals surface area contributed by atoms with E-state index < -0.39 is 11.6 Å². The number of anilines is 2. The lowest BCUT2D eigenvalue weighted by Crippen LogP contribution is -2.41. The normalized spacial score (nSPS) is 14.3. The number of aromatic nitrogens is 1. The van der Waals surface area contributed by atoms with Gasteiger partial charge in [0.2, 0.25) is 0 Å². The summed E-state index contributed by atoms with van der Waals surface area (Å²) in [7, 11) is 0. The number of amides is 1. The second-order valence-corrected chi connectivity index (χ2v) is 7.28. The molecule has 1 aromatic heterocycles. The van der Waals surface area contributed by atoms with Crippen molar-refractivity contribution >= 4 is 44.1 Å². The van der Waals surface area contributed by atoms with Crippen LogP contribution in [0.15, 0.2) is 47.1 Å². The summed E-state index contributed by atoms with van der Waals surface area (Å²) >= 11 is 3.22. The van der Waals surface area contributed by atoms with Gasteiger partial charge in [-0.1, -0.05) is 15.9 Å². The first-order chi connectivity index (χ1) is 13.5. The van der Waals surface area contributed by atoms with Crippen LogP contribution in [0.25, 0.3) is 10.9 Å². The third-order valence-electron chi connectivity index (χ3n) is 4.55. The van der Waals surface area contributed by atoms with Crippen molar-refractivity contribution in [3.63, 3.8) is 0 Å². The predicted octanol–water partition coefficient (Wildman–Crippen LogP) is 4.49. The molecular weight excluding hydrogens is 432 g/mol. The first-order valence-corrected chi connectivity index (χ1v) is 9.49. The van der Waals surface area contributed by atoms with Gasteiger partial charge in [-0.2, -0.15) is 0 Å². The topological polar surface area (TPSA) is 54.5 Å². The van der Waals surface area contributed by atoms with Crippen molar-refractivity contribution in [3.8, 4) is 0 Å². The fourth-order valence-electron chi connectivity index (χ4n) is 3.12. The number of rotatable bonds is 3. The van der Waals surface area contributed by atoms with Crippen LogP contribution in [0, 0.1) is 11.6 Å². The number of halogens is 3. The molecule has 1 aliphatic heterocycles. The van der Waals surface area contributed by atoms with Gasteiger partial charge in [0.05, 0.1) is 35.7 Å². The second kappa shape index (κ2) is 7.81. The van der Waals surface area contributed by atoms with Gasteiger partial charge in [0.15, 0.2) is 0 Å². The summed E-state index contributed by atoms with van der Waals surface area (Å²) in [5, 5.41) is 3.38. The molecule has 0 radical (unpaired) electrons. The van der Waals surface area contributed by atoms with E-state index in [0.29, 0.717) is 47.4 Å². The highest BCUT2D eigenvalue weighted by molar-refractivity contribution is 9.10. The third kappa shape index (κ3) is 3.70. The molecule has 144 valence electrons. The minimum absolute atomic E-state index is 0.177. The third-order valence-corrected chi connectivity index (χ3v) is 5.04. The van der Waals surface area contributed by atoms with Gasteiger partial charge in [0.25, 0.3) is 5.91 Å². The molecule has 28 heavy (non-hydrogen) atoms. The Balaban J connectivity index is 1.84. The largest absolute Gasteiger partial charge is 0.378 e. The summed E-state index contributed by atoms with van der Waals surface area (Å²) in [4.78, 5) is 19.0. The molecule has 2 heterocycles. The first kappa shape index (κ1) is 18.8. The van der Waals surface area contributed by atoms with Gasteiger partial charge < -0.3 is 15.0 Å². The van der Waals surface area contributed by atoms with Crippen molar-refractivity contribution in [2.24, 2.45) is 0 Å². The molecule has 1 saturated heterocycles. The first-order valence-electron chi connectivity index (χ1n) is 8.70. The number of carbonyl (C=O) groups excluding carboxylic acids is 1. The fraction of sp³-hybridized carbons (Fsp3) is 0.200. The lowest BCUT2D eigenvalue weighted by molar-refractivity contribution is 0.0303. The highest BCUT2D eigenvalue weighted by Crippen LogP contribution is 2.32. The van der Waals surface area contributed by atoms with Crippen LogP contribution in [-0.2, 0) is 4.74 Å². The maximum atomic E-state index is 14.4. The zero-order valence-electron chi connectivity index (χ0n) is 14.7. The summed E-state index contributed by atoms with van der Waals surface area (Å²) < 4.78 is 34.2. The van der Waals surface area contributed by atoms with E-state index in [2.05, 4.69) is 26.2 Å². The molecule has 0 unspecified atom stereocenters. The number of nitrogens with one attached hydrogen (secondary N) is 1. The molecule has 1 amide bonds. The SMILES string of the molecule is O=C(c1cnc2ccc(F)cc2c1Nc1ccc(Br)cc1F)N1CCOCC1. The van der Waals surface area contributed by atoms with Gasteiger partial charge in [0, 0.05) is 29.1 Å². The average Bonchev–Trinajstić information content (AvgIpc) is 2.70. The van der Waals surface area contributed by atoms with Crippen LogP contribution in [0.5, 0.6) is 0 Å². The molecule has 1 aliphatic rings. The molecule has 4 rings (SSSR count). The Bertz CT molecular complexity index is 1060. The predicted molar refractivity (Wildman–Crippen MR) is 106 cm³/mol. The van der Waals surface area contributed by atoms with Gasteiger partial charge in [0.1, 0.15) is 11.6 Å². The van der Waals surface area contributed by atoms with Crippen LogP contribution in [0.1, 0.15) is 10.4 Å². The van der Waals surface area contributed by atoms with Crippen LogP contribution < -0.4 is 5.32 Å². The standard InChI is InChI=1S/C20H16BrF2N3O2/c21-12-1-3-18(16(23)9-12)25-19-14-10-13(22)2-4-17(14)24-11-15(19)20(27)26-5-7-28-8-6-26/h1-4,9-11H,5-8H2,(H,24,25). The zero-order chi connectivity index (χ0) is 19.7. The Labute approximate surface area is 168 Å². The van der Waals surface area contributed by atoms with E-state index in [1.54, 1.807) is 17.0 Å². The summed E-state index contributed by atoms with van der Waals surface area (Å²) in [6.45, 7) is 1.80. The van der Waals surface area contributed by atoms with Gasteiger partial charge in [-0.3, -0.25) is 9.78 Å². The maximum Gasteiger partial charge on any atom is 0.257 e. The average molecular weight is 448 g/mol. The molecule has 0 bridgehead atoms. The molecule has 0 aliphatic carbocycles. The van der Waals surface area contributed by atoms with Crippen LogP contribution in [0.2, 0.25) is 0 Å². The van der Waals surface area contributed by atoms with Crippen molar-refractivity contribution < 1.29 is 18.3 Å². The van der Waals surface area contributed by atoms with E-state index in [1.807, 2.05) is 0 Å². The van der Waals surface area contributed by atoms with Gasteiger partial charge in [-0.15, -0.1) is 0 Å². The zero-order valence-corrected chi connectivity index (χ0v) is 16.3. The van der Waals surface area contributed by atoms with E-state index >= 15 is 0 Å². The molecule has 5 nitrogen and oxygen atoms in total. The van der Waals surface area contributed by atoms with Crippen molar-refractivity contribution in [2.45, 2.75) is 0 Å². The highest BCUT2D eigenvalue weighted by Gasteiger charge is 2.23. The lowest BCUT2D eigenvalue weighted by atomic mass is 10.1. The van der Waals surface area contributed by atoms with Crippen LogP contribution >= 0.6 is 15.9 Å². The smallest absolute Gasteiger partial charge is 0.257 e. The number of morpholine rings is 1. The molecule has 0 spiro atoms. The number of nitrogens with zero attached hydrogens (tertiary/aromatic N) is 2. The Morgan fingerprint density at radius 3 is 2.68 bits per heavy atom. The minimum atomic E-state index is -0.500. The summed E-state index contributed by atoms with van der Waals surface area (Å²) in [6, 6.07) is 8.65. The van der Waals surface area contributed by atoms with Crippen molar-refractivity contribution in [1.29, 1.82) is 0 Å². The number of hydrogen-bond acceptors (Lipinski definition) is 4. The molecule has 0 atom stereocenters. The van der Waals surface area contributed by atoms with Gasteiger partial charge in [-0.05, 0) is 36.4 Å². The number of fused-ring (bicyclic) bond motifs is 1. The lowest BCUT2D eigenvalue weighted by Gasteiger charge is -2.28. The Kier molecular flexibility index (Phi) is 5.23. The van der Waals surface area contributed by atoms with E-state index in [4.69, 9.17) is 4.74 Å².